The standard InChI is InChI=1S/C21H22Cl2N4O4/c1-13(2)10-24-20(29)21(30)27-25-11-14-5-3-4-6-18(14)31-12-19(28)26-15-7-8-16(22)17(23)9-15/h3-9,11,13H,10,12H2,1-2H3,(H,24,29)(H,26,28)(H,27,30)/b25-11-. The lowest BCUT2D eigenvalue weighted by molar-refractivity contribution is -0.139. The largest absolute Gasteiger partial charge is 0.483 e. The number of hydrazone groups is 1. The van der Waals surface area contributed by atoms with E-state index in [4.69, 9.17) is 27.9 Å². The van der Waals surface area contributed by atoms with E-state index in [0.29, 0.717) is 33.6 Å². The molecule has 10 heteroatoms. The maximum Gasteiger partial charge on any atom is 0.329 e. The van der Waals surface area contributed by atoms with Crippen molar-refractivity contribution in [2.24, 2.45) is 11.0 Å². The fourth-order valence-electron chi connectivity index (χ4n) is 2.22. The van der Waals surface area contributed by atoms with Crippen molar-refractivity contribution >= 4 is 52.8 Å². The molecule has 2 aromatic carbocycles. The molecule has 164 valence electrons. The Hall–Kier alpha value is -3.10. The predicted molar refractivity (Wildman–Crippen MR) is 121 cm³/mol. The second-order valence-electron chi connectivity index (χ2n) is 6.81. The van der Waals surface area contributed by atoms with Crippen LogP contribution in [-0.2, 0) is 14.4 Å². The summed E-state index contributed by atoms with van der Waals surface area (Å²) in [4.78, 5) is 35.5. The number of anilines is 1. The molecular formula is C21H22Cl2N4O4. The molecule has 0 aliphatic heterocycles. The second-order valence-corrected chi connectivity index (χ2v) is 7.62. The summed E-state index contributed by atoms with van der Waals surface area (Å²) < 4.78 is 5.54. The van der Waals surface area contributed by atoms with Crippen molar-refractivity contribution in [2.45, 2.75) is 13.8 Å². The molecule has 0 saturated heterocycles. The smallest absolute Gasteiger partial charge is 0.329 e. The summed E-state index contributed by atoms with van der Waals surface area (Å²) in [5, 5.41) is 9.61. The number of carbonyl (C=O) groups is 3. The summed E-state index contributed by atoms with van der Waals surface area (Å²) in [5.41, 5.74) is 3.14. The Kier molecular flexibility index (Phi) is 9.30. The fourth-order valence-corrected chi connectivity index (χ4v) is 2.52. The molecule has 8 nitrogen and oxygen atoms in total. The summed E-state index contributed by atoms with van der Waals surface area (Å²) in [5.74, 6) is -1.46. The number of hydrogen-bond acceptors (Lipinski definition) is 5. The number of halogens is 2. The van der Waals surface area contributed by atoms with Gasteiger partial charge in [0.15, 0.2) is 6.61 Å². The zero-order chi connectivity index (χ0) is 22.8. The number of rotatable bonds is 8. The molecule has 0 fully saturated rings. The Balaban J connectivity index is 1.90. The van der Waals surface area contributed by atoms with E-state index in [-0.39, 0.29) is 12.5 Å². The van der Waals surface area contributed by atoms with Crippen molar-refractivity contribution in [2.75, 3.05) is 18.5 Å². The number of para-hydroxylation sites is 1. The zero-order valence-electron chi connectivity index (χ0n) is 16.9. The summed E-state index contributed by atoms with van der Waals surface area (Å²) in [6.07, 6.45) is 1.32. The lowest BCUT2D eigenvalue weighted by Crippen LogP contribution is -2.39. The predicted octanol–water partition coefficient (Wildman–Crippen LogP) is 3.23. The fraction of sp³-hybridized carbons (Fsp3) is 0.238. The molecule has 0 atom stereocenters. The minimum absolute atomic E-state index is 0.221. The molecule has 0 heterocycles. The number of ether oxygens (including phenoxy) is 1. The summed E-state index contributed by atoms with van der Waals surface area (Å²) in [6.45, 7) is 3.95. The molecule has 0 spiro atoms. The second kappa shape index (κ2) is 11.9. The molecular weight excluding hydrogens is 443 g/mol. The third-order valence-corrected chi connectivity index (χ3v) is 4.47. The van der Waals surface area contributed by atoms with Gasteiger partial charge in [0.25, 0.3) is 5.91 Å². The number of nitrogens with zero attached hydrogens (tertiary/aromatic N) is 1. The van der Waals surface area contributed by atoms with Crippen LogP contribution >= 0.6 is 23.2 Å². The Morgan fingerprint density at radius 2 is 1.81 bits per heavy atom. The summed E-state index contributed by atoms with van der Waals surface area (Å²) in [6, 6.07) is 11.5. The highest BCUT2D eigenvalue weighted by atomic mass is 35.5. The molecule has 0 aromatic heterocycles. The van der Waals surface area contributed by atoms with Gasteiger partial charge in [0.2, 0.25) is 0 Å². The maximum absolute atomic E-state index is 12.1. The van der Waals surface area contributed by atoms with E-state index in [2.05, 4.69) is 21.2 Å². The van der Waals surface area contributed by atoms with E-state index in [1.165, 1.54) is 12.3 Å². The molecule has 0 aliphatic carbocycles. The Morgan fingerprint density at radius 3 is 2.52 bits per heavy atom. The van der Waals surface area contributed by atoms with Gasteiger partial charge < -0.3 is 15.4 Å². The van der Waals surface area contributed by atoms with Gasteiger partial charge in [-0.3, -0.25) is 14.4 Å². The Labute approximate surface area is 189 Å². The van der Waals surface area contributed by atoms with Crippen LogP contribution in [0.3, 0.4) is 0 Å². The van der Waals surface area contributed by atoms with Crippen LogP contribution in [0, 0.1) is 5.92 Å². The van der Waals surface area contributed by atoms with Gasteiger partial charge in [-0.25, -0.2) is 5.43 Å². The molecule has 31 heavy (non-hydrogen) atoms. The van der Waals surface area contributed by atoms with Crippen molar-refractivity contribution in [3.63, 3.8) is 0 Å². The van der Waals surface area contributed by atoms with Crippen molar-refractivity contribution in [1.29, 1.82) is 0 Å². The average molecular weight is 465 g/mol. The highest BCUT2D eigenvalue weighted by Gasteiger charge is 2.12. The third-order valence-electron chi connectivity index (χ3n) is 3.73. The normalized spacial score (nSPS) is 10.7. The molecule has 0 aliphatic rings. The van der Waals surface area contributed by atoms with E-state index in [9.17, 15) is 14.4 Å². The van der Waals surface area contributed by atoms with Crippen LogP contribution < -0.4 is 20.8 Å². The van der Waals surface area contributed by atoms with Gasteiger partial charge in [0.1, 0.15) is 5.75 Å². The molecule has 2 rings (SSSR count). The summed E-state index contributed by atoms with van der Waals surface area (Å²) in [7, 11) is 0. The van der Waals surface area contributed by atoms with E-state index >= 15 is 0 Å². The SMILES string of the molecule is CC(C)CNC(=O)C(=O)N/N=C\c1ccccc1OCC(=O)Nc1ccc(Cl)c(Cl)c1. The van der Waals surface area contributed by atoms with Crippen LogP contribution in [0.1, 0.15) is 19.4 Å². The maximum atomic E-state index is 12.1. The molecule has 3 amide bonds. The molecule has 3 N–H and O–H groups in total. The third kappa shape index (κ3) is 8.27. The van der Waals surface area contributed by atoms with Crippen LogP contribution in [0.4, 0.5) is 5.69 Å². The van der Waals surface area contributed by atoms with Crippen LogP contribution in [0.5, 0.6) is 5.75 Å². The molecule has 0 bridgehead atoms. The Morgan fingerprint density at radius 1 is 1.06 bits per heavy atom. The lowest BCUT2D eigenvalue weighted by atomic mass is 10.2. The first-order chi connectivity index (χ1) is 14.8. The highest BCUT2D eigenvalue weighted by molar-refractivity contribution is 6.42. The minimum Gasteiger partial charge on any atom is -0.483 e. The lowest BCUT2D eigenvalue weighted by Gasteiger charge is -2.10. The van der Waals surface area contributed by atoms with E-state index in [0.717, 1.165) is 0 Å². The van der Waals surface area contributed by atoms with E-state index in [1.54, 1.807) is 36.4 Å². The topological polar surface area (TPSA) is 109 Å². The first kappa shape index (κ1) is 24.2. The van der Waals surface area contributed by atoms with Gasteiger partial charge in [-0.1, -0.05) is 49.2 Å². The van der Waals surface area contributed by atoms with Gasteiger partial charge in [-0.05, 0) is 36.2 Å². The van der Waals surface area contributed by atoms with Gasteiger partial charge in [0.05, 0.1) is 16.3 Å². The van der Waals surface area contributed by atoms with Crippen molar-refractivity contribution in [1.82, 2.24) is 10.7 Å². The first-order valence-electron chi connectivity index (χ1n) is 9.34. The average Bonchev–Trinajstić information content (AvgIpc) is 2.73. The summed E-state index contributed by atoms with van der Waals surface area (Å²) >= 11 is 11.8. The van der Waals surface area contributed by atoms with Crippen LogP contribution in [0.25, 0.3) is 0 Å². The zero-order valence-corrected chi connectivity index (χ0v) is 18.5. The van der Waals surface area contributed by atoms with E-state index in [1.807, 2.05) is 13.8 Å². The monoisotopic (exact) mass is 464 g/mol. The van der Waals surface area contributed by atoms with Crippen LogP contribution in [-0.4, -0.2) is 37.1 Å². The van der Waals surface area contributed by atoms with Crippen LogP contribution in [0.2, 0.25) is 10.0 Å². The van der Waals surface area contributed by atoms with Crippen LogP contribution in [0.15, 0.2) is 47.6 Å². The number of amides is 3. The van der Waals surface area contributed by atoms with E-state index < -0.39 is 17.7 Å². The molecule has 0 saturated carbocycles. The quantitative estimate of drug-likeness (QED) is 0.316. The Bertz CT molecular complexity index is 980. The molecule has 2 aromatic rings. The van der Waals surface area contributed by atoms with Crippen molar-refractivity contribution in [3.8, 4) is 5.75 Å². The molecule has 0 radical (unpaired) electrons. The first-order valence-corrected chi connectivity index (χ1v) is 10.1. The molecule has 0 unspecified atom stereocenters. The number of benzene rings is 2. The highest BCUT2D eigenvalue weighted by Crippen LogP contribution is 2.25. The van der Waals surface area contributed by atoms with Gasteiger partial charge in [0, 0.05) is 17.8 Å². The van der Waals surface area contributed by atoms with Gasteiger partial charge in [-0.2, -0.15) is 5.10 Å². The van der Waals surface area contributed by atoms with Gasteiger partial charge >= 0.3 is 11.8 Å². The number of nitrogens with one attached hydrogen (secondary N) is 3. The number of carbonyl (C=O) groups excluding carboxylic acids is 3. The minimum atomic E-state index is -0.878. The van der Waals surface area contributed by atoms with Crippen molar-refractivity contribution < 1.29 is 19.1 Å². The number of hydrogen-bond donors (Lipinski definition) is 3. The van der Waals surface area contributed by atoms with Crippen molar-refractivity contribution in [3.05, 3.63) is 58.1 Å². The van der Waals surface area contributed by atoms with Gasteiger partial charge in [-0.15, -0.1) is 0 Å².